The van der Waals surface area contributed by atoms with Crippen molar-refractivity contribution < 1.29 is 15.0 Å². The van der Waals surface area contributed by atoms with Crippen LogP contribution in [0.4, 0.5) is 5.69 Å². The molecule has 5 heteroatoms. The van der Waals surface area contributed by atoms with Gasteiger partial charge in [-0.05, 0) is 36.8 Å². The fraction of sp³-hybridized carbons (Fsp3) is 0.133. The van der Waals surface area contributed by atoms with Crippen molar-refractivity contribution in [3.8, 4) is 5.75 Å². The van der Waals surface area contributed by atoms with Crippen LogP contribution in [-0.4, -0.2) is 16.2 Å². The first-order valence-corrected chi connectivity index (χ1v) is 6.41. The van der Waals surface area contributed by atoms with Crippen LogP contribution in [0, 0.1) is 6.92 Å². The lowest BCUT2D eigenvalue weighted by molar-refractivity contribution is 0.0697. The van der Waals surface area contributed by atoms with E-state index in [1.54, 1.807) is 36.4 Å². The predicted molar refractivity (Wildman–Crippen MR) is 78.6 cm³/mol. The molecule has 0 unspecified atom stereocenters. The second-order valence-corrected chi connectivity index (χ2v) is 4.83. The molecule has 4 nitrogen and oxygen atoms in total. The molecule has 2 aromatic rings. The van der Waals surface area contributed by atoms with Crippen LogP contribution < -0.4 is 5.32 Å². The Balaban J connectivity index is 2.23. The lowest BCUT2D eigenvalue weighted by atomic mass is 10.1. The highest BCUT2D eigenvalue weighted by atomic mass is 35.5. The maximum atomic E-state index is 11.0. The van der Waals surface area contributed by atoms with E-state index in [4.69, 9.17) is 16.7 Å². The van der Waals surface area contributed by atoms with Crippen LogP contribution in [0.15, 0.2) is 36.4 Å². The molecule has 0 heterocycles. The molecule has 0 fully saturated rings. The molecule has 0 atom stereocenters. The zero-order chi connectivity index (χ0) is 14.7. The minimum atomic E-state index is -0.978. The van der Waals surface area contributed by atoms with Crippen LogP contribution in [0.1, 0.15) is 21.5 Å². The zero-order valence-electron chi connectivity index (χ0n) is 10.9. The minimum absolute atomic E-state index is 0.108. The van der Waals surface area contributed by atoms with E-state index in [1.165, 1.54) is 0 Å². The molecule has 0 spiro atoms. The topological polar surface area (TPSA) is 69.6 Å². The number of benzene rings is 2. The average Bonchev–Trinajstić information content (AvgIpc) is 2.39. The maximum Gasteiger partial charge on any atom is 0.335 e. The van der Waals surface area contributed by atoms with Crippen LogP contribution in [0.3, 0.4) is 0 Å². The van der Waals surface area contributed by atoms with Gasteiger partial charge in [0.2, 0.25) is 0 Å². The van der Waals surface area contributed by atoms with Gasteiger partial charge in [0.25, 0.3) is 0 Å². The number of hydrogen-bond donors (Lipinski definition) is 3. The molecule has 0 aliphatic carbocycles. The highest BCUT2D eigenvalue weighted by Gasteiger charge is 2.09. The highest BCUT2D eigenvalue weighted by Crippen LogP contribution is 2.27. The van der Waals surface area contributed by atoms with E-state index in [9.17, 15) is 9.90 Å². The summed E-state index contributed by atoms with van der Waals surface area (Å²) in [4.78, 5) is 11.0. The number of carboxylic acids is 1. The second-order valence-electron chi connectivity index (χ2n) is 4.43. The van der Waals surface area contributed by atoms with Crippen LogP contribution in [0.5, 0.6) is 5.75 Å². The zero-order valence-corrected chi connectivity index (χ0v) is 11.6. The van der Waals surface area contributed by atoms with Crippen molar-refractivity contribution in [1.82, 2.24) is 0 Å². The fourth-order valence-corrected chi connectivity index (χ4v) is 2.09. The van der Waals surface area contributed by atoms with E-state index in [0.29, 0.717) is 22.8 Å². The molecule has 0 aliphatic rings. The Morgan fingerprint density at radius 1 is 1.30 bits per heavy atom. The van der Waals surface area contributed by atoms with Crippen molar-refractivity contribution in [3.63, 3.8) is 0 Å². The summed E-state index contributed by atoms with van der Waals surface area (Å²) in [5, 5.41) is 22.3. The molecule has 3 N–H and O–H groups in total. The van der Waals surface area contributed by atoms with Crippen molar-refractivity contribution in [3.05, 3.63) is 58.1 Å². The lowest BCUT2D eigenvalue weighted by Gasteiger charge is -2.12. The van der Waals surface area contributed by atoms with Crippen molar-refractivity contribution in [2.45, 2.75) is 13.5 Å². The molecule has 0 amide bonds. The minimum Gasteiger partial charge on any atom is -0.508 e. The number of rotatable bonds is 4. The van der Waals surface area contributed by atoms with Gasteiger partial charge in [-0.2, -0.15) is 0 Å². The summed E-state index contributed by atoms with van der Waals surface area (Å²) in [5.74, 6) is -0.870. The van der Waals surface area contributed by atoms with E-state index in [0.717, 1.165) is 5.56 Å². The number of phenols is 1. The molecule has 0 aromatic heterocycles. The number of carboxylic acid groups (broad SMARTS) is 1. The first-order valence-electron chi connectivity index (χ1n) is 6.03. The van der Waals surface area contributed by atoms with Crippen LogP contribution >= 0.6 is 11.6 Å². The van der Waals surface area contributed by atoms with E-state index >= 15 is 0 Å². The summed E-state index contributed by atoms with van der Waals surface area (Å²) in [6, 6.07) is 9.76. The van der Waals surface area contributed by atoms with E-state index in [1.807, 2.05) is 6.92 Å². The standard InChI is InChI=1S/C15H14ClNO3/c1-9-5-6-10(15(19)20)7-13(9)17-8-11-12(16)3-2-4-14(11)18/h2-7,17-18H,8H2,1H3,(H,19,20). The molecular formula is C15H14ClNO3. The van der Waals surface area contributed by atoms with Gasteiger partial charge >= 0.3 is 5.97 Å². The molecular weight excluding hydrogens is 278 g/mol. The molecule has 0 bridgehead atoms. The summed E-state index contributed by atoms with van der Waals surface area (Å²) in [5.41, 5.74) is 2.40. The van der Waals surface area contributed by atoms with Gasteiger partial charge in [-0.25, -0.2) is 4.79 Å². The number of phenolic OH excluding ortho intramolecular Hbond substituents is 1. The number of carbonyl (C=O) groups is 1. The first-order chi connectivity index (χ1) is 9.49. The molecule has 104 valence electrons. The molecule has 0 saturated heterocycles. The van der Waals surface area contributed by atoms with Gasteiger partial charge in [0.1, 0.15) is 5.75 Å². The third-order valence-electron chi connectivity index (χ3n) is 3.03. The largest absolute Gasteiger partial charge is 0.508 e. The first kappa shape index (κ1) is 14.2. The van der Waals surface area contributed by atoms with Crippen molar-refractivity contribution in [1.29, 1.82) is 0 Å². The molecule has 0 saturated carbocycles. The molecule has 2 aromatic carbocycles. The summed E-state index contributed by atoms with van der Waals surface area (Å²) < 4.78 is 0. The number of aromatic hydroxyl groups is 1. The van der Waals surface area contributed by atoms with Gasteiger partial charge in [-0.3, -0.25) is 0 Å². The van der Waals surface area contributed by atoms with Crippen LogP contribution in [0.2, 0.25) is 5.02 Å². The SMILES string of the molecule is Cc1ccc(C(=O)O)cc1NCc1c(O)cccc1Cl. The Morgan fingerprint density at radius 3 is 2.70 bits per heavy atom. The number of nitrogens with one attached hydrogen (secondary N) is 1. The Hall–Kier alpha value is -2.20. The van der Waals surface area contributed by atoms with Crippen LogP contribution in [0.25, 0.3) is 0 Å². The normalized spacial score (nSPS) is 10.3. The number of anilines is 1. The smallest absolute Gasteiger partial charge is 0.335 e. The monoisotopic (exact) mass is 291 g/mol. The Kier molecular flexibility index (Phi) is 4.15. The van der Waals surface area contributed by atoms with Gasteiger partial charge in [-0.15, -0.1) is 0 Å². The molecule has 2 rings (SSSR count). The van der Waals surface area contributed by atoms with Gasteiger partial charge in [0.05, 0.1) is 5.56 Å². The average molecular weight is 292 g/mol. The predicted octanol–water partition coefficient (Wildman–Crippen LogP) is 3.66. The molecule has 20 heavy (non-hydrogen) atoms. The number of halogens is 1. The summed E-state index contributed by atoms with van der Waals surface area (Å²) in [6.45, 7) is 2.19. The van der Waals surface area contributed by atoms with E-state index in [2.05, 4.69) is 5.32 Å². The third kappa shape index (κ3) is 3.03. The number of aromatic carboxylic acids is 1. The third-order valence-corrected chi connectivity index (χ3v) is 3.39. The number of aryl methyl sites for hydroxylation is 1. The Labute approximate surface area is 121 Å². The summed E-state index contributed by atoms with van der Waals surface area (Å²) in [7, 11) is 0. The highest BCUT2D eigenvalue weighted by molar-refractivity contribution is 6.31. The number of hydrogen-bond acceptors (Lipinski definition) is 3. The van der Waals surface area contributed by atoms with Gasteiger partial charge in [0, 0.05) is 22.8 Å². The summed E-state index contributed by atoms with van der Waals surface area (Å²) >= 11 is 6.02. The fourth-order valence-electron chi connectivity index (χ4n) is 1.85. The van der Waals surface area contributed by atoms with Crippen molar-refractivity contribution in [2.75, 3.05) is 5.32 Å². The van der Waals surface area contributed by atoms with Gasteiger partial charge < -0.3 is 15.5 Å². The van der Waals surface area contributed by atoms with Crippen molar-refractivity contribution in [2.24, 2.45) is 0 Å². The van der Waals surface area contributed by atoms with Gasteiger partial charge in [0.15, 0.2) is 0 Å². The second kappa shape index (κ2) is 5.84. The Morgan fingerprint density at radius 2 is 2.05 bits per heavy atom. The molecule has 0 aliphatic heterocycles. The van der Waals surface area contributed by atoms with E-state index < -0.39 is 5.97 Å². The maximum absolute atomic E-state index is 11.0. The van der Waals surface area contributed by atoms with Crippen LogP contribution in [-0.2, 0) is 6.54 Å². The lowest BCUT2D eigenvalue weighted by Crippen LogP contribution is -2.04. The van der Waals surface area contributed by atoms with Gasteiger partial charge in [-0.1, -0.05) is 23.7 Å². The summed E-state index contributed by atoms with van der Waals surface area (Å²) in [6.07, 6.45) is 0. The molecule has 0 radical (unpaired) electrons. The Bertz CT molecular complexity index is 635. The van der Waals surface area contributed by atoms with E-state index in [-0.39, 0.29) is 11.3 Å². The quantitative estimate of drug-likeness (QED) is 0.804. The van der Waals surface area contributed by atoms with Crippen molar-refractivity contribution >= 4 is 23.3 Å².